The van der Waals surface area contributed by atoms with E-state index in [1.807, 2.05) is 12.2 Å². The average Bonchev–Trinajstić information content (AvgIpc) is 3.41. The minimum atomic E-state index is 0. The second-order valence-electron chi connectivity index (χ2n) is 11.8. The van der Waals surface area contributed by atoms with Gasteiger partial charge in [0.1, 0.15) is 0 Å². The summed E-state index contributed by atoms with van der Waals surface area (Å²) in [5.41, 5.74) is 3.20. The van der Waals surface area contributed by atoms with Gasteiger partial charge in [0.2, 0.25) is 0 Å². The van der Waals surface area contributed by atoms with Gasteiger partial charge in [-0.15, -0.1) is 46.2 Å². The molecule has 5 rings (SSSR count). The Labute approximate surface area is 244 Å². The van der Waals surface area contributed by atoms with Crippen LogP contribution in [0, 0.1) is 6.08 Å². The van der Waals surface area contributed by atoms with Crippen LogP contribution in [-0.2, 0) is 30.8 Å². The molecule has 0 heterocycles. The molecular formula is C33H42Cl2Ti-2. The number of fused-ring (bicyclic) bond motifs is 3. The van der Waals surface area contributed by atoms with Gasteiger partial charge in [0, 0.05) is 0 Å². The Morgan fingerprint density at radius 1 is 0.722 bits per heavy atom. The number of hydrogen-bond acceptors (Lipinski definition) is 0. The van der Waals surface area contributed by atoms with E-state index in [9.17, 15) is 0 Å². The Morgan fingerprint density at radius 2 is 1.19 bits per heavy atom. The third-order valence-corrected chi connectivity index (χ3v) is 7.51. The maximum atomic E-state index is 2.99. The summed E-state index contributed by atoms with van der Waals surface area (Å²) < 4.78 is 1.72. The standard InChI is InChI=1S/C21H25.C7H12.C5H5.2ClH.Ti/c1-20(2,3)16-9-7-14-11-15-8-10-17(21(4,5)6)13-19(15)18(14)12-16;1-2-4-6-7-5-3-1;1-2-4-5-3-1;;;/h7-13H,1-6H3;1-6H2;1-3H,4H2;2*1H;/q-1;;-1;;;+2/p-2. The fourth-order valence-corrected chi connectivity index (χ4v) is 4.98. The normalized spacial score (nSPS) is 15.3. The first kappa shape index (κ1) is 33.0. The fourth-order valence-electron chi connectivity index (χ4n) is 4.43. The molecule has 3 aromatic rings. The van der Waals surface area contributed by atoms with Crippen LogP contribution in [0.4, 0.5) is 0 Å². The Morgan fingerprint density at radius 3 is 1.53 bits per heavy atom. The Hall–Kier alpha value is -1.05. The van der Waals surface area contributed by atoms with Gasteiger partial charge in [-0.3, -0.25) is 6.08 Å². The van der Waals surface area contributed by atoms with Crippen molar-refractivity contribution in [1.29, 1.82) is 0 Å². The number of benzene rings is 2. The van der Waals surface area contributed by atoms with Crippen molar-refractivity contribution in [3.8, 4) is 0 Å². The predicted molar refractivity (Wildman–Crippen MR) is 149 cm³/mol. The van der Waals surface area contributed by atoms with E-state index in [1.165, 1.54) is 71.2 Å². The van der Waals surface area contributed by atoms with Crippen molar-refractivity contribution >= 4 is 25.4 Å². The zero-order chi connectivity index (χ0) is 24.8. The number of hydrogen-bond donors (Lipinski definition) is 0. The molecule has 3 aromatic carbocycles. The summed E-state index contributed by atoms with van der Waals surface area (Å²) in [6.45, 7) is 13.7. The van der Waals surface area contributed by atoms with Gasteiger partial charge < -0.3 is 24.8 Å². The summed E-state index contributed by atoms with van der Waals surface area (Å²) in [5, 5.41) is 5.49. The molecule has 0 aromatic heterocycles. The van der Waals surface area contributed by atoms with Gasteiger partial charge in [-0.2, -0.15) is 6.08 Å². The van der Waals surface area contributed by atoms with Crippen molar-refractivity contribution in [2.75, 3.05) is 0 Å². The first-order chi connectivity index (χ1) is 16.1. The minimum absolute atomic E-state index is 0. The molecule has 36 heavy (non-hydrogen) atoms. The van der Waals surface area contributed by atoms with Gasteiger partial charge in [0.05, 0.1) is 0 Å². The van der Waals surface area contributed by atoms with Gasteiger partial charge in [0.25, 0.3) is 0 Å². The van der Waals surface area contributed by atoms with Crippen molar-refractivity contribution in [3.05, 3.63) is 77.9 Å². The molecule has 0 spiro atoms. The molecule has 2 aliphatic carbocycles. The van der Waals surface area contributed by atoms with E-state index in [4.69, 9.17) is 0 Å². The molecule has 0 amide bonds. The van der Waals surface area contributed by atoms with Gasteiger partial charge in [-0.25, -0.2) is 12.2 Å². The van der Waals surface area contributed by atoms with Crippen LogP contribution in [0.1, 0.15) is 97.6 Å². The van der Waals surface area contributed by atoms with Crippen molar-refractivity contribution in [2.24, 2.45) is 0 Å². The van der Waals surface area contributed by atoms with E-state index in [0.29, 0.717) is 0 Å². The number of allylic oxidation sites excluding steroid dienone is 4. The van der Waals surface area contributed by atoms with Crippen LogP contribution >= 0.6 is 0 Å². The molecule has 1 fully saturated rings. The zero-order valence-corrected chi connectivity index (χ0v) is 26.1. The van der Waals surface area contributed by atoms with E-state index in [2.05, 4.69) is 116 Å². The van der Waals surface area contributed by atoms with Crippen molar-refractivity contribution in [1.82, 2.24) is 0 Å². The van der Waals surface area contributed by atoms with Crippen LogP contribution < -0.4 is 24.8 Å². The number of halogens is 2. The fraction of sp³-hybridized carbons (Fsp3) is 0.455. The maximum absolute atomic E-state index is 2.99. The van der Waals surface area contributed by atoms with Crippen LogP contribution in [0.2, 0.25) is 0 Å². The molecule has 0 nitrogen and oxygen atoms in total. The molecule has 0 radical (unpaired) electrons. The SMILES string of the molecule is CC(C)(C)c1ccc2[cH-]c3ccc(C(C)(C)C)cc3c2c1.[C-]1=CC=CC1.[Cl-].[Cl-].[Ti+2]=[C]1CCCCCC1. The number of rotatable bonds is 0. The summed E-state index contributed by atoms with van der Waals surface area (Å²) >= 11 is 2.30. The molecule has 1 saturated carbocycles. The second kappa shape index (κ2) is 14.8. The van der Waals surface area contributed by atoms with E-state index in [1.54, 1.807) is 3.81 Å². The predicted octanol–water partition coefficient (Wildman–Crippen LogP) is 3.68. The molecule has 3 heteroatoms. The van der Waals surface area contributed by atoms with E-state index >= 15 is 0 Å². The summed E-state index contributed by atoms with van der Waals surface area (Å²) in [7, 11) is 0. The van der Waals surface area contributed by atoms with E-state index in [0.717, 1.165) is 6.42 Å². The summed E-state index contributed by atoms with van der Waals surface area (Å²) in [4.78, 5) is 0. The van der Waals surface area contributed by atoms with Crippen LogP contribution in [0.5, 0.6) is 0 Å². The zero-order valence-electron chi connectivity index (χ0n) is 23.0. The third-order valence-electron chi connectivity index (χ3n) is 6.73. The van der Waals surface area contributed by atoms with Gasteiger partial charge in [-0.1, -0.05) is 76.9 Å². The van der Waals surface area contributed by atoms with Crippen LogP contribution in [-0.4, -0.2) is 3.81 Å². The molecule has 0 N–H and O–H groups in total. The summed E-state index contributed by atoms with van der Waals surface area (Å²) in [6.07, 6.45) is 18.6. The first-order valence-corrected chi connectivity index (χ1v) is 13.8. The van der Waals surface area contributed by atoms with Crippen molar-refractivity contribution < 1.29 is 44.8 Å². The van der Waals surface area contributed by atoms with Crippen LogP contribution in [0.25, 0.3) is 21.5 Å². The van der Waals surface area contributed by atoms with Gasteiger partial charge >= 0.3 is 62.3 Å². The summed E-state index contributed by atoms with van der Waals surface area (Å²) in [6, 6.07) is 16.1. The van der Waals surface area contributed by atoms with Crippen LogP contribution in [0.3, 0.4) is 0 Å². The van der Waals surface area contributed by atoms with Crippen LogP contribution in [0.15, 0.2) is 60.7 Å². The molecule has 2 aliphatic rings. The molecule has 0 aliphatic heterocycles. The topological polar surface area (TPSA) is 0 Å². The Balaban J connectivity index is 0.000000356. The van der Waals surface area contributed by atoms with Crippen molar-refractivity contribution in [2.45, 2.75) is 97.3 Å². The second-order valence-corrected chi connectivity index (χ2v) is 12.9. The van der Waals surface area contributed by atoms with Crippen molar-refractivity contribution in [3.63, 3.8) is 0 Å². The van der Waals surface area contributed by atoms with Gasteiger partial charge in [-0.05, 0) is 10.8 Å². The quantitative estimate of drug-likeness (QED) is 0.225. The molecule has 0 saturated heterocycles. The van der Waals surface area contributed by atoms with E-state index in [-0.39, 0.29) is 35.6 Å². The average molecular weight is 557 g/mol. The molecule has 194 valence electrons. The Bertz CT molecular complexity index is 1080. The summed E-state index contributed by atoms with van der Waals surface area (Å²) in [5.74, 6) is 0. The third kappa shape index (κ3) is 9.68. The monoisotopic (exact) mass is 556 g/mol. The molecule has 0 unspecified atom stereocenters. The molecule has 0 bridgehead atoms. The van der Waals surface area contributed by atoms with Gasteiger partial charge in [0.15, 0.2) is 0 Å². The molecular weight excluding hydrogens is 515 g/mol. The van der Waals surface area contributed by atoms with E-state index < -0.39 is 0 Å². The molecule has 0 atom stereocenters. The Kier molecular flexibility index (Phi) is 13.5. The first-order valence-electron chi connectivity index (χ1n) is 13.0.